The van der Waals surface area contributed by atoms with Crippen molar-refractivity contribution < 1.29 is 8.78 Å². The molecule has 0 amide bonds. The van der Waals surface area contributed by atoms with Crippen LogP contribution in [0.25, 0.3) is 6.08 Å². The van der Waals surface area contributed by atoms with E-state index in [2.05, 4.69) is 6.07 Å². The quantitative estimate of drug-likeness (QED) is 0.751. The molecule has 1 aromatic rings. The highest BCUT2D eigenvalue weighted by Gasteiger charge is 2.00. The molecule has 0 atom stereocenters. The predicted molar refractivity (Wildman–Crippen MR) is 68.0 cm³/mol. The van der Waals surface area contributed by atoms with Gasteiger partial charge in [-0.15, -0.1) is 0 Å². The minimum Gasteiger partial charge on any atom is -0.330 e. The van der Waals surface area contributed by atoms with Crippen molar-refractivity contribution in [3.63, 3.8) is 0 Å². The van der Waals surface area contributed by atoms with Crippen LogP contribution in [-0.4, -0.2) is 6.54 Å². The molecule has 0 unspecified atom stereocenters. The van der Waals surface area contributed by atoms with Gasteiger partial charge in [0.25, 0.3) is 6.08 Å². The molecule has 17 heavy (non-hydrogen) atoms. The van der Waals surface area contributed by atoms with Crippen LogP contribution in [0.2, 0.25) is 0 Å². The molecule has 0 saturated heterocycles. The third-order valence-electron chi connectivity index (χ3n) is 2.68. The van der Waals surface area contributed by atoms with Crippen molar-refractivity contribution in [1.29, 1.82) is 0 Å². The molecule has 1 rings (SSSR count). The van der Waals surface area contributed by atoms with E-state index in [9.17, 15) is 8.78 Å². The van der Waals surface area contributed by atoms with Gasteiger partial charge in [0.05, 0.1) is 0 Å². The summed E-state index contributed by atoms with van der Waals surface area (Å²) in [5.41, 5.74) is 8.24. The minimum atomic E-state index is -1.65. The zero-order valence-corrected chi connectivity index (χ0v) is 10.2. The van der Waals surface area contributed by atoms with Crippen molar-refractivity contribution in [1.82, 2.24) is 0 Å². The van der Waals surface area contributed by atoms with Gasteiger partial charge in [-0.1, -0.05) is 25.1 Å². The molecule has 0 fully saturated rings. The summed E-state index contributed by atoms with van der Waals surface area (Å²) in [5, 5.41) is 0. The lowest BCUT2D eigenvalue weighted by molar-refractivity contribution is 0.429. The molecule has 0 aliphatic carbocycles. The number of hydrogen-bond acceptors (Lipinski definition) is 1. The third-order valence-corrected chi connectivity index (χ3v) is 2.68. The van der Waals surface area contributed by atoms with E-state index in [0.717, 1.165) is 42.9 Å². The molecular formula is C14H19F2N. The van der Waals surface area contributed by atoms with Gasteiger partial charge in [0.15, 0.2) is 0 Å². The minimum absolute atomic E-state index is 0.590. The van der Waals surface area contributed by atoms with Gasteiger partial charge < -0.3 is 5.73 Å². The van der Waals surface area contributed by atoms with E-state index < -0.39 is 6.08 Å². The van der Waals surface area contributed by atoms with E-state index in [0.29, 0.717) is 12.1 Å². The second kappa shape index (κ2) is 7.17. The fourth-order valence-electron chi connectivity index (χ4n) is 1.82. The molecule has 0 spiro atoms. The van der Waals surface area contributed by atoms with Gasteiger partial charge in [0.2, 0.25) is 0 Å². The first-order valence-corrected chi connectivity index (χ1v) is 6.01. The molecule has 3 heteroatoms. The van der Waals surface area contributed by atoms with Crippen LogP contribution < -0.4 is 5.73 Å². The fraction of sp³-hybridized carbons (Fsp3) is 0.429. The molecule has 1 aromatic carbocycles. The maximum absolute atomic E-state index is 12.2. The number of aryl methyl sites for hydroxylation is 2. The summed E-state index contributed by atoms with van der Waals surface area (Å²) in [6.45, 7) is 2.71. The Kier molecular flexibility index (Phi) is 5.84. The van der Waals surface area contributed by atoms with E-state index in [1.54, 1.807) is 0 Å². The average molecular weight is 239 g/mol. The van der Waals surface area contributed by atoms with Crippen molar-refractivity contribution >= 4 is 6.08 Å². The van der Waals surface area contributed by atoms with E-state index in [-0.39, 0.29) is 0 Å². The van der Waals surface area contributed by atoms with Crippen LogP contribution in [0.4, 0.5) is 8.78 Å². The lowest BCUT2D eigenvalue weighted by Gasteiger charge is -2.06. The summed E-state index contributed by atoms with van der Waals surface area (Å²) in [6.07, 6.45) is 3.01. The van der Waals surface area contributed by atoms with Gasteiger partial charge in [-0.05, 0) is 48.9 Å². The molecule has 0 aliphatic heterocycles. The van der Waals surface area contributed by atoms with E-state index in [1.807, 2.05) is 19.1 Å². The van der Waals surface area contributed by atoms with Crippen molar-refractivity contribution in [3.8, 4) is 0 Å². The topological polar surface area (TPSA) is 26.0 Å². The van der Waals surface area contributed by atoms with Gasteiger partial charge in [-0.2, -0.15) is 8.78 Å². The number of rotatable bonds is 6. The monoisotopic (exact) mass is 239 g/mol. The van der Waals surface area contributed by atoms with Gasteiger partial charge in [0.1, 0.15) is 0 Å². The van der Waals surface area contributed by atoms with E-state index >= 15 is 0 Å². The molecule has 0 saturated carbocycles. The molecule has 1 nitrogen and oxygen atoms in total. The fourth-order valence-corrected chi connectivity index (χ4v) is 1.82. The second-order valence-electron chi connectivity index (χ2n) is 4.12. The highest BCUT2D eigenvalue weighted by atomic mass is 19.3. The Morgan fingerprint density at radius 3 is 2.47 bits per heavy atom. The normalized spacial score (nSPS) is 10.4. The Morgan fingerprint density at radius 1 is 1.18 bits per heavy atom. The predicted octanol–water partition coefficient (Wildman–Crippen LogP) is 3.77. The summed E-state index contributed by atoms with van der Waals surface area (Å²) in [7, 11) is 0. The van der Waals surface area contributed by atoms with Crippen LogP contribution >= 0.6 is 0 Å². The number of halogens is 2. The maximum atomic E-state index is 12.2. The Balaban J connectivity index is 2.85. The van der Waals surface area contributed by atoms with Crippen molar-refractivity contribution in [3.05, 3.63) is 41.0 Å². The van der Waals surface area contributed by atoms with Crippen LogP contribution in [0, 0.1) is 0 Å². The van der Waals surface area contributed by atoms with Crippen LogP contribution in [0.3, 0.4) is 0 Å². The summed E-state index contributed by atoms with van der Waals surface area (Å²) in [4.78, 5) is 0. The van der Waals surface area contributed by atoms with Crippen molar-refractivity contribution in [2.75, 3.05) is 6.54 Å². The summed E-state index contributed by atoms with van der Waals surface area (Å²) < 4.78 is 24.5. The standard InChI is InChI=1S/C14H19F2N/c1-2-11-7-12(5-3-4-6-17)9-13(8-11)10-14(15)16/h7-10H,2-6,17H2,1H3. The summed E-state index contributed by atoms with van der Waals surface area (Å²) in [5.74, 6) is 0. The summed E-state index contributed by atoms with van der Waals surface area (Å²) >= 11 is 0. The zero-order chi connectivity index (χ0) is 12.7. The van der Waals surface area contributed by atoms with Crippen LogP contribution in [0.15, 0.2) is 24.3 Å². The average Bonchev–Trinajstić information content (AvgIpc) is 2.28. The van der Waals surface area contributed by atoms with Crippen molar-refractivity contribution in [2.45, 2.75) is 32.6 Å². The largest absolute Gasteiger partial charge is 0.330 e. The first kappa shape index (κ1) is 13.8. The van der Waals surface area contributed by atoms with E-state index in [4.69, 9.17) is 5.73 Å². The second-order valence-corrected chi connectivity index (χ2v) is 4.12. The van der Waals surface area contributed by atoms with Gasteiger partial charge in [0, 0.05) is 6.08 Å². The smallest absolute Gasteiger partial charge is 0.270 e. The van der Waals surface area contributed by atoms with Gasteiger partial charge >= 0.3 is 0 Å². The number of hydrogen-bond donors (Lipinski definition) is 1. The SMILES string of the molecule is CCc1cc(C=C(F)F)cc(CCCCN)c1. The lowest BCUT2D eigenvalue weighted by atomic mass is 10.0. The summed E-state index contributed by atoms with van der Waals surface area (Å²) in [6, 6.07) is 5.73. The Hall–Kier alpha value is -1.22. The third kappa shape index (κ3) is 5.09. The first-order chi connectivity index (χ1) is 8.15. The van der Waals surface area contributed by atoms with Crippen LogP contribution in [-0.2, 0) is 12.8 Å². The highest BCUT2D eigenvalue weighted by molar-refractivity contribution is 5.52. The molecule has 0 heterocycles. The Labute approximate surface area is 101 Å². The number of benzene rings is 1. The number of nitrogens with two attached hydrogens (primary N) is 1. The highest BCUT2D eigenvalue weighted by Crippen LogP contribution is 2.17. The molecule has 0 aromatic heterocycles. The Morgan fingerprint density at radius 2 is 1.88 bits per heavy atom. The van der Waals surface area contributed by atoms with Crippen LogP contribution in [0.5, 0.6) is 0 Å². The molecule has 0 bridgehead atoms. The van der Waals surface area contributed by atoms with Crippen molar-refractivity contribution in [2.24, 2.45) is 5.73 Å². The number of unbranched alkanes of at least 4 members (excludes halogenated alkanes) is 1. The molecule has 0 radical (unpaired) electrons. The molecule has 0 aliphatic rings. The maximum Gasteiger partial charge on any atom is 0.270 e. The molecule has 94 valence electrons. The van der Waals surface area contributed by atoms with Gasteiger partial charge in [-0.3, -0.25) is 0 Å². The zero-order valence-electron chi connectivity index (χ0n) is 10.2. The molecule has 2 N–H and O–H groups in total. The first-order valence-electron chi connectivity index (χ1n) is 6.01. The van der Waals surface area contributed by atoms with Gasteiger partial charge in [-0.25, -0.2) is 0 Å². The van der Waals surface area contributed by atoms with Crippen LogP contribution in [0.1, 0.15) is 36.5 Å². The molecular weight excluding hydrogens is 220 g/mol. The van der Waals surface area contributed by atoms with E-state index in [1.165, 1.54) is 0 Å². The Bertz CT molecular complexity index is 382. The lowest BCUT2D eigenvalue weighted by Crippen LogP contribution is -1.99.